The van der Waals surface area contributed by atoms with Crippen molar-refractivity contribution in [3.8, 4) is 11.5 Å². The van der Waals surface area contributed by atoms with Gasteiger partial charge in [0.05, 0.1) is 46.1 Å². The second-order valence-corrected chi connectivity index (χ2v) is 7.22. The maximum Gasteiger partial charge on any atom is 0.144 e. The Morgan fingerprint density at radius 2 is 1.84 bits per heavy atom. The SMILES string of the molecule is CCOc1cc2ncc(N)c(Nc3ccc(OCc4ccccn4)c(Cl)c3)c2cc1N. The number of rotatable bonds is 7. The van der Waals surface area contributed by atoms with Crippen LogP contribution < -0.4 is 26.3 Å². The number of anilines is 4. The van der Waals surface area contributed by atoms with Crippen molar-refractivity contribution in [3.63, 3.8) is 0 Å². The van der Waals surface area contributed by atoms with E-state index in [4.69, 9.17) is 32.5 Å². The Balaban J connectivity index is 1.59. The van der Waals surface area contributed by atoms with E-state index in [1.165, 1.54) is 0 Å². The van der Waals surface area contributed by atoms with E-state index in [1.807, 2.05) is 31.2 Å². The summed E-state index contributed by atoms with van der Waals surface area (Å²) in [6.07, 6.45) is 3.32. The molecule has 0 aliphatic rings. The van der Waals surface area contributed by atoms with Gasteiger partial charge in [0.2, 0.25) is 0 Å². The first kappa shape index (κ1) is 20.6. The number of aromatic nitrogens is 2. The Kier molecular flexibility index (Phi) is 5.95. The lowest BCUT2D eigenvalue weighted by molar-refractivity contribution is 0.301. The smallest absolute Gasteiger partial charge is 0.144 e. The highest BCUT2D eigenvalue weighted by molar-refractivity contribution is 6.32. The van der Waals surface area contributed by atoms with E-state index in [1.54, 1.807) is 36.7 Å². The van der Waals surface area contributed by atoms with Crippen molar-refractivity contribution in [2.24, 2.45) is 0 Å². The maximum atomic E-state index is 6.44. The number of fused-ring (bicyclic) bond motifs is 1. The Labute approximate surface area is 185 Å². The Hall–Kier alpha value is -3.71. The maximum absolute atomic E-state index is 6.44. The van der Waals surface area contributed by atoms with E-state index in [0.717, 1.165) is 22.3 Å². The van der Waals surface area contributed by atoms with Crippen LogP contribution in [0.4, 0.5) is 22.7 Å². The average molecular weight is 436 g/mol. The van der Waals surface area contributed by atoms with Gasteiger partial charge < -0.3 is 26.3 Å². The van der Waals surface area contributed by atoms with Gasteiger partial charge in [-0.1, -0.05) is 17.7 Å². The summed E-state index contributed by atoms with van der Waals surface area (Å²) in [5.74, 6) is 1.16. The molecule has 0 amide bonds. The van der Waals surface area contributed by atoms with Crippen molar-refractivity contribution in [2.45, 2.75) is 13.5 Å². The predicted molar refractivity (Wildman–Crippen MR) is 125 cm³/mol. The summed E-state index contributed by atoms with van der Waals surface area (Å²) in [4.78, 5) is 8.64. The molecule has 0 aliphatic heterocycles. The third-order valence-electron chi connectivity index (χ3n) is 4.63. The van der Waals surface area contributed by atoms with Gasteiger partial charge in [-0.05, 0) is 43.3 Å². The highest BCUT2D eigenvalue weighted by Crippen LogP contribution is 2.37. The second kappa shape index (κ2) is 8.97. The Morgan fingerprint density at radius 1 is 0.968 bits per heavy atom. The van der Waals surface area contributed by atoms with Crippen molar-refractivity contribution < 1.29 is 9.47 Å². The van der Waals surface area contributed by atoms with Crippen LogP contribution in [0.25, 0.3) is 10.9 Å². The van der Waals surface area contributed by atoms with Gasteiger partial charge in [0.25, 0.3) is 0 Å². The lowest BCUT2D eigenvalue weighted by Crippen LogP contribution is -2.02. The van der Waals surface area contributed by atoms with Crippen LogP contribution in [0.5, 0.6) is 11.5 Å². The van der Waals surface area contributed by atoms with Gasteiger partial charge >= 0.3 is 0 Å². The number of nitrogens with one attached hydrogen (secondary N) is 1. The lowest BCUT2D eigenvalue weighted by atomic mass is 10.1. The predicted octanol–water partition coefficient (Wildman–Crippen LogP) is 5.17. The van der Waals surface area contributed by atoms with Gasteiger partial charge in [-0.25, -0.2) is 0 Å². The molecule has 158 valence electrons. The van der Waals surface area contributed by atoms with E-state index < -0.39 is 0 Å². The molecule has 0 atom stereocenters. The molecule has 4 rings (SSSR count). The normalized spacial score (nSPS) is 10.8. The molecule has 0 spiro atoms. The number of nitrogens with zero attached hydrogens (tertiary/aromatic N) is 2. The fraction of sp³-hybridized carbons (Fsp3) is 0.130. The molecule has 8 heteroatoms. The van der Waals surface area contributed by atoms with Gasteiger partial charge in [0.1, 0.15) is 18.1 Å². The molecule has 7 nitrogen and oxygen atoms in total. The van der Waals surface area contributed by atoms with Crippen molar-refractivity contribution in [1.29, 1.82) is 0 Å². The summed E-state index contributed by atoms with van der Waals surface area (Å²) in [6.45, 7) is 2.75. The number of benzene rings is 2. The number of halogens is 1. The molecular weight excluding hydrogens is 414 g/mol. The molecular formula is C23H22ClN5O2. The minimum absolute atomic E-state index is 0.330. The topological polar surface area (TPSA) is 108 Å². The minimum atomic E-state index is 0.330. The molecule has 0 bridgehead atoms. The third kappa shape index (κ3) is 4.57. The van der Waals surface area contributed by atoms with E-state index in [0.29, 0.717) is 46.8 Å². The van der Waals surface area contributed by atoms with Gasteiger partial charge in [0.15, 0.2) is 0 Å². The van der Waals surface area contributed by atoms with E-state index >= 15 is 0 Å². The minimum Gasteiger partial charge on any atom is -0.492 e. The number of hydrogen-bond acceptors (Lipinski definition) is 7. The molecule has 0 unspecified atom stereocenters. The van der Waals surface area contributed by atoms with Crippen LogP contribution in [-0.4, -0.2) is 16.6 Å². The van der Waals surface area contributed by atoms with Crippen molar-refractivity contribution in [2.75, 3.05) is 23.4 Å². The van der Waals surface area contributed by atoms with E-state index in [-0.39, 0.29) is 0 Å². The van der Waals surface area contributed by atoms with Crippen LogP contribution in [0.1, 0.15) is 12.6 Å². The van der Waals surface area contributed by atoms with Crippen LogP contribution in [0.2, 0.25) is 5.02 Å². The highest BCUT2D eigenvalue weighted by Gasteiger charge is 2.12. The molecule has 0 saturated heterocycles. The molecule has 0 aliphatic carbocycles. The standard InChI is InChI=1S/C23H22ClN5O2/c1-2-30-22-11-20-16(10-18(22)25)23(19(26)12-28-20)29-14-6-7-21(17(24)9-14)31-13-15-5-3-4-8-27-15/h3-12H,2,13,25-26H2,1H3,(H,28,29). The van der Waals surface area contributed by atoms with Gasteiger partial charge in [-0.15, -0.1) is 0 Å². The number of pyridine rings is 2. The average Bonchev–Trinajstić information content (AvgIpc) is 2.77. The third-order valence-corrected chi connectivity index (χ3v) is 4.93. The zero-order valence-electron chi connectivity index (χ0n) is 16.9. The summed E-state index contributed by atoms with van der Waals surface area (Å²) >= 11 is 6.44. The van der Waals surface area contributed by atoms with Crippen molar-refractivity contribution in [3.05, 3.63) is 71.6 Å². The Bertz CT molecular complexity index is 1220. The van der Waals surface area contributed by atoms with Crippen LogP contribution in [0.3, 0.4) is 0 Å². The Morgan fingerprint density at radius 3 is 2.58 bits per heavy atom. The molecule has 2 aromatic heterocycles. The van der Waals surface area contributed by atoms with Gasteiger partial charge in [0, 0.05) is 23.3 Å². The molecule has 0 radical (unpaired) electrons. The zero-order valence-corrected chi connectivity index (χ0v) is 17.7. The molecule has 31 heavy (non-hydrogen) atoms. The monoisotopic (exact) mass is 435 g/mol. The van der Waals surface area contributed by atoms with Gasteiger partial charge in [-0.2, -0.15) is 0 Å². The first-order valence-corrected chi connectivity index (χ1v) is 10.1. The fourth-order valence-corrected chi connectivity index (χ4v) is 3.38. The van der Waals surface area contributed by atoms with E-state index in [2.05, 4.69) is 15.3 Å². The first-order chi connectivity index (χ1) is 15.0. The largest absolute Gasteiger partial charge is 0.492 e. The summed E-state index contributed by atoms with van der Waals surface area (Å²) in [5.41, 5.74) is 16.3. The second-order valence-electron chi connectivity index (χ2n) is 6.81. The zero-order chi connectivity index (χ0) is 21.8. The van der Waals surface area contributed by atoms with Crippen molar-refractivity contribution in [1.82, 2.24) is 9.97 Å². The van der Waals surface area contributed by atoms with Crippen LogP contribution in [0, 0.1) is 0 Å². The molecule has 0 fully saturated rings. The van der Waals surface area contributed by atoms with Crippen molar-refractivity contribution >= 4 is 45.3 Å². The molecule has 2 heterocycles. The van der Waals surface area contributed by atoms with E-state index in [9.17, 15) is 0 Å². The first-order valence-electron chi connectivity index (χ1n) is 9.75. The van der Waals surface area contributed by atoms with Crippen LogP contribution in [0.15, 0.2) is 60.9 Å². The number of nitrogens with two attached hydrogens (primary N) is 2. The molecule has 0 saturated carbocycles. The number of hydrogen-bond donors (Lipinski definition) is 3. The lowest BCUT2D eigenvalue weighted by Gasteiger charge is -2.15. The molecule has 4 aromatic rings. The fourth-order valence-electron chi connectivity index (χ4n) is 3.15. The summed E-state index contributed by atoms with van der Waals surface area (Å²) in [7, 11) is 0. The summed E-state index contributed by atoms with van der Waals surface area (Å²) < 4.78 is 11.4. The highest BCUT2D eigenvalue weighted by atomic mass is 35.5. The quantitative estimate of drug-likeness (QED) is 0.343. The number of ether oxygens (including phenoxy) is 2. The molecule has 5 N–H and O–H groups in total. The summed E-state index contributed by atoms with van der Waals surface area (Å²) in [6, 6.07) is 14.7. The van der Waals surface area contributed by atoms with Crippen LogP contribution >= 0.6 is 11.6 Å². The number of nitrogen functional groups attached to an aromatic ring is 2. The van der Waals surface area contributed by atoms with Crippen LogP contribution in [-0.2, 0) is 6.61 Å². The summed E-state index contributed by atoms with van der Waals surface area (Å²) in [5, 5.41) is 4.58. The molecule has 2 aromatic carbocycles. The van der Waals surface area contributed by atoms with Gasteiger partial charge in [-0.3, -0.25) is 9.97 Å².